The Bertz CT molecular complexity index is 397. The van der Waals surface area contributed by atoms with Crippen molar-refractivity contribution in [2.75, 3.05) is 0 Å². The van der Waals surface area contributed by atoms with Crippen LogP contribution in [0.4, 0.5) is 0 Å². The van der Waals surface area contributed by atoms with Crippen molar-refractivity contribution in [2.45, 2.75) is 40.0 Å². The third-order valence-electron chi connectivity index (χ3n) is 3.35. The zero-order valence-electron chi connectivity index (χ0n) is 10.2. The van der Waals surface area contributed by atoms with Crippen LogP contribution in [-0.2, 0) is 6.42 Å². The molecule has 0 bridgehead atoms. The van der Waals surface area contributed by atoms with Crippen LogP contribution in [0.25, 0.3) is 6.08 Å². The van der Waals surface area contributed by atoms with Gasteiger partial charge in [0, 0.05) is 0 Å². The number of benzene rings is 1. The van der Waals surface area contributed by atoms with E-state index >= 15 is 0 Å². The lowest BCUT2D eigenvalue weighted by Gasteiger charge is -2.23. The van der Waals surface area contributed by atoms with Crippen molar-refractivity contribution >= 4 is 6.08 Å². The fraction of sp³-hybridized carbons (Fsp3) is 0.467. The lowest BCUT2D eigenvalue weighted by atomic mass is 9.82. The van der Waals surface area contributed by atoms with Gasteiger partial charge in [-0.1, -0.05) is 45.1 Å². The quantitative estimate of drug-likeness (QED) is 0.633. The predicted molar refractivity (Wildman–Crippen MR) is 67.2 cm³/mol. The first-order valence-corrected chi connectivity index (χ1v) is 5.90. The summed E-state index contributed by atoms with van der Waals surface area (Å²) in [4.78, 5) is 0. The Morgan fingerprint density at radius 2 is 2.00 bits per heavy atom. The van der Waals surface area contributed by atoms with Crippen LogP contribution in [0.3, 0.4) is 0 Å². The molecule has 1 aromatic carbocycles. The van der Waals surface area contributed by atoms with Crippen molar-refractivity contribution in [1.29, 1.82) is 0 Å². The molecule has 1 unspecified atom stereocenters. The van der Waals surface area contributed by atoms with Crippen molar-refractivity contribution in [2.24, 2.45) is 5.92 Å². The molecule has 1 aliphatic carbocycles. The van der Waals surface area contributed by atoms with Gasteiger partial charge in [0.25, 0.3) is 0 Å². The van der Waals surface area contributed by atoms with Crippen LogP contribution in [0.15, 0.2) is 18.2 Å². The smallest absolute Gasteiger partial charge is 0.0195 e. The van der Waals surface area contributed by atoms with E-state index in [1.807, 2.05) is 0 Å². The van der Waals surface area contributed by atoms with Crippen molar-refractivity contribution in [3.05, 3.63) is 40.5 Å². The van der Waals surface area contributed by atoms with E-state index in [4.69, 9.17) is 0 Å². The maximum atomic E-state index is 2.33. The van der Waals surface area contributed by atoms with Crippen molar-refractivity contribution < 1.29 is 0 Å². The van der Waals surface area contributed by atoms with Crippen LogP contribution in [-0.4, -0.2) is 0 Å². The van der Waals surface area contributed by atoms with Crippen molar-refractivity contribution in [1.82, 2.24) is 0 Å². The summed E-state index contributed by atoms with van der Waals surface area (Å²) in [5, 5.41) is 0. The van der Waals surface area contributed by atoms with E-state index in [9.17, 15) is 0 Å². The molecule has 0 heterocycles. The predicted octanol–water partition coefficient (Wildman–Crippen LogP) is 4.32. The highest BCUT2D eigenvalue weighted by Crippen LogP contribution is 2.31. The van der Waals surface area contributed by atoms with Crippen LogP contribution in [0.5, 0.6) is 0 Å². The Morgan fingerprint density at radius 3 is 2.67 bits per heavy atom. The molecule has 0 aromatic heterocycles. The molecule has 0 heteroatoms. The first-order valence-electron chi connectivity index (χ1n) is 5.90. The van der Waals surface area contributed by atoms with Crippen LogP contribution >= 0.6 is 0 Å². The Balaban J connectivity index is 2.59. The SMILES string of the molecule is Cc1ccc(C(C)C)c2c1C=CC(C)C2. The second-order valence-electron chi connectivity index (χ2n) is 5.06. The van der Waals surface area contributed by atoms with Gasteiger partial charge in [-0.25, -0.2) is 0 Å². The highest BCUT2D eigenvalue weighted by Gasteiger charge is 2.16. The molecule has 15 heavy (non-hydrogen) atoms. The van der Waals surface area contributed by atoms with E-state index in [1.54, 1.807) is 5.56 Å². The van der Waals surface area contributed by atoms with Crippen LogP contribution in [0, 0.1) is 12.8 Å². The molecular formula is C15H20. The maximum absolute atomic E-state index is 2.33. The van der Waals surface area contributed by atoms with Gasteiger partial charge in [-0.2, -0.15) is 0 Å². The standard InChI is InChI=1S/C15H20/c1-10(2)13-8-6-12(4)14-7-5-11(3)9-15(13)14/h5-8,10-11H,9H2,1-4H3. The van der Waals surface area contributed by atoms with Crippen molar-refractivity contribution in [3.8, 4) is 0 Å². The summed E-state index contributed by atoms with van der Waals surface area (Å²) in [5.74, 6) is 1.33. The van der Waals surface area contributed by atoms with E-state index in [2.05, 4.69) is 52.0 Å². The minimum absolute atomic E-state index is 0.637. The summed E-state index contributed by atoms with van der Waals surface area (Å²) < 4.78 is 0. The first-order chi connectivity index (χ1) is 7.09. The van der Waals surface area contributed by atoms with E-state index in [0.29, 0.717) is 11.8 Å². The Kier molecular flexibility index (Phi) is 2.68. The Hall–Kier alpha value is -1.04. The molecule has 0 N–H and O–H groups in total. The van der Waals surface area contributed by atoms with E-state index < -0.39 is 0 Å². The highest BCUT2D eigenvalue weighted by atomic mass is 14.2. The average molecular weight is 200 g/mol. The molecule has 1 aliphatic rings. The van der Waals surface area contributed by atoms with Gasteiger partial charge in [0.1, 0.15) is 0 Å². The normalized spacial score (nSPS) is 19.4. The molecule has 80 valence electrons. The molecule has 2 rings (SSSR count). The first kappa shape index (κ1) is 10.5. The average Bonchev–Trinajstić information content (AvgIpc) is 2.17. The summed E-state index contributed by atoms with van der Waals surface area (Å²) in [6, 6.07) is 4.57. The van der Waals surface area contributed by atoms with Gasteiger partial charge in [-0.15, -0.1) is 0 Å². The molecule has 0 spiro atoms. The molecule has 0 aliphatic heterocycles. The van der Waals surface area contributed by atoms with Gasteiger partial charge in [0.05, 0.1) is 0 Å². The number of hydrogen-bond donors (Lipinski definition) is 0. The van der Waals surface area contributed by atoms with Gasteiger partial charge in [-0.3, -0.25) is 0 Å². The third kappa shape index (κ3) is 1.86. The molecule has 0 nitrogen and oxygen atoms in total. The highest BCUT2D eigenvalue weighted by molar-refractivity contribution is 5.62. The Labute approximate surface area is 93.0 Å². The molecule has 0 amide bonds. The fourth-order valence-electron chi connectivity index (χ4n) is 2.45. The zero-order valence-corrected chi connectivity index (χ0v) is 10.2. The number of fused-ring (bicyclic) bond motifs is 1. The summed E-state index contributed by atoms with van der Waals surface area (Å²) >= 11 is 0. The maximum Gasteiger partial charge on any atom is -0.0195 e. The second kappa shape index (κ2) is 3.84. The van der Waals surface area contributed by atoms with Gasteiger partial charge >= 0.3 is 0 Å². The van der Waals surface area contributed by atoms with E-state index in [0.717, 1.165) is 0 Å². The zero-order chi connectivity index (χ0) is 11.0. The van der Waals surface area contributed by atoms with E-state index in [-0.39, 0.29) is 0 Å². The van der Waals surface area contributed by atoms with Crippen LogP contribution < -0.4 is 0 Å². The summed E-state index contributed by atoms with van der Waals surface area (Å²) in [7, 11) is 0. The molecule has 1 aromatic rings. The lowest BCUT2D eigenvalue weighted by Crippen LogP contribution is -2.09. The minimum Gasteiger partial charge on any atom is -0.0807 e. The van der Waals surface area contributed by atoms with Crippen LogP contribution in [0.2, 0.25) is 0 Å². The minimum atomic E-state index is 0.637. The molecule has 0 radical (unpaired) electrons. The number of hydrogen-bond acceptors (Lipinski definition) is 0. The number of aryl methyl sites for hydroxylation is 1. The largest absolute Gasteiger partial charge is 0.0807 e. The summed E-state index contributed by atoms with van der Waals surface area (Å²) in [6.07, 6.45) is 5.85. The monoisotopic (exact) mass is 200 g/mol. The Morgan fingerprint density at radius 1 is 1.27 bits per heavy atom. The summed E-state index contributed by atoms with van der Waals surface area (Å²) in [5.41, 5.74) is 6.00. The van der Waals surface area contributed by atoms with Gasteiger partial charge in [0.15, 0.2) is 0 Å². The molecule has 0 fully saturated rings. The number of rotatable bonds is 1. The molecule has 0 saturated heterocycles. The molecule has 0 saturated carbocycles. The second-order valence-corrected chi connectivity index (χ2v) is 5.06. The molecular weight excluding hydrogens is 180 g/mol. The fourth-order valence-corrected chi connectivity index (χ4v) is 2.45. The number of allylic oxidation sites excluding steroid dienone is 1. The summed E-state index contributed by atoms with van der Waals surface area (Å²) in [6.45, 7) is 9.08. The van der Waals surface area contributed by atoms with Crippen LogP contribution in [0.1, 0.15) is 48.9 Å². The van der Waals surface area contributed by atoms with Gasteiger partial charge < -0.3 is 0 Å². The topological polar surface area (TPSA) is 0 Å². The van der Waals surface area contributed by atoms with Crippen molar-refractivity contribution in [3.63, 3.8) is 0 Å². The van der Waals surface area contributed by atoms with Gasteiger partial charge in [0.2, 0.25) is 0 Å². The molecule has 1 atom stereocenters. The van der Waals surface area contributed by atoms with Gasteiger partial charge in [-0.05, 0) is 47.4 Å². The third-order valence-corrected chi connectivity index (χ3v) is 3.35. The van der Waals surface area contributed by atoms with E-state index in [1.165, 1.54) is 23.1 Å². The lowest BCUT2D eigenvalue weighted by molar-refractivity contribution is 0.699.